The molecule has 3 rings (SSSR count). The first kappa shape index (κ1) is 14.2. The molecule has 1 aliphatic heterocycles. The molecule has 5 heteroatoms. The minimum absolute atomic E-state index is 0.551. The summed E-state index contributed by atoms with van der Waals surface area (Å²) < 4.78 is 0. The minimum atomic E-state index is 0.551. The second-order valence-corrected chi connectivity index (χ2v) is 5.60. The third-order valence-electron chi connectivity index (χ3n) is 3.92. The highest BCUT2D eigenvalue weighted by atomic mass is 35.5. The maximum absolute atomic E-state index is 5.94. The zero-order chi connectivity index (χ0) is 14.7. The standard InChI is InChI=1S/C16H19ClN4/c17-14-1-3-15(4-2-14)20-7-9-21(10-8-20)16-12-19-6-5-13(16)11-18/h1-6,12H,7-11,18H2. The van der Waals surface area contributed by atoms with Crippen LogP contribution in [0.3, 0.4) is 0 Å². The fraction of sp³-hybridized carbons (Fsp3) is 0.312. The molecule has 2 heterocycles. The van der Waals surface area contributed by atoms with Gasteiger partial charge in [-0.1, -0.05) is 11.6 Å². The molecule has 21 heavy (non-hydrogen) atoms. The van der Waals surface area contributed by atoms with E-state index in [0.29, 0.717) is 6.54 Å². The average molecular weight is 303 g/mol. The van der Waals surface area contributed by atoms with E-state index in [1.165, 1.54) is 5.69 Å². The van der Waals surface area contributed by atoms with Crippen LogP contribution in [0.15, 0.2) is 42.7 Å². The van der Waals surface area contributed by atoms with Crippen LogP contribution in [-0.4, -0.2) is 31.2 Å². The summed E-state index contributed by atoms with van der Waals surface area (Å²) in [7, 11) is 0. The Hall–Kier alpha value is -1.78. The molecule has 0 bridgehead atoms. The Morgan fingerprint density at radius 1 is 1.00 bits per heavy atom. The fourth-order valence-corrected chi connectivity index (χ4v) is 2.86. The molecule has 1 saturated heterocycles. The highest BCUT2D eigenvalue weighted by Gasteiger charge is 2.19. The number of pyridine rings is 1. The lowest BCUT2D eigenvalue weighted by Gasteiger charge is -2.38. The highest BCUT2D eigenvalue weighted by Crippen LogP contribution is 2.23. The summed E-state index contributed by atoms with van der Waals surface area (Å²) in [6.07, 6.45) is 3.72. The van der Waals surface area contributed by atoms with Gasteiger partial charge in [0.1, 0.15) is 0 Å². The zero-order valence-electron chi connectivity index (χ0n) is 11.9. The average Bonchev–Trinajstić information content (AvgIpc) is 2.56. The van der Waals surface area contributed by atoms with Gasteiger partial charge in [-0.3, -0.25) is 4.98 Å². The summed E-state index contributed by atoms with van der Waals surface area (Å²) in [6, 6.07) is 10.0. The third-order valence-corrected chi connectivity index (χ3v) is 4.17. The molecular weight excluding hydrogens is 284 g/mol. The van der Waals surface area contributed by atoms with Crippen molar-refractivity contribution >= 4 is 23.0 Å². The van der Waals surface area contributed by atoms with E-state index in [1.54, 1.807) is 6.20 Å². The quantitative estimate of drug-likeness (QED) is 0.946. The lowest BCUT2D eigenvalue weighted by molar-refractivity contribution is 0.650. The molecule has 0 unspecified atom stereocenters. The number of halogens is 1. The predicted octanol–water partition coefficient (Wildman–Crippen LogP) is 2.52. The summed E-state index contributed by atoms with van der Waals surface area (Å²) in [5.41, 5.74) is 9.36. The van der Waals surface area contributed by atoms with Crippen LogP contribution in [0.4, 0.5) is 11.4 Å². The Labute approximate surface area is 130 Å². The van der Waals surface area contributed by atoms with Crippen LogP contribution < -0.4 is 15.5 Å². The molecule has 1 aromatic heterocycles. The van der Waals surface area contributed by atoms with Gasteiger partial charge in [-0.2, -0.15) is 0 Å². The maximum atomic E-state index is 5.94. The third kappa shape index (κ3) is 3.12. The molecule has 1 aromatic carbocycles. The molecule has 0 radical (unpaired) electrons. The SMILES string of the molecule is NCc1ccncc1N1CCN(c2ccc(Cl)cc2)CC1. The fourth-order valence-electron chi connectivity index (χ4n) is 2.73. The number of hydrogen-bond acceptors (Lipinski definition) is 4. The van der Waals surface area contributed by atoms with Crippen molar-refractivity contribution in [3.63, 3.8) is 0 Å². The molecule has 1 aliphatic rings. The molecular formula is C16H19ClN4. The van der Waals surface area contributed by atoms with E-state index >= 15 is 0 Å². The van der Waals surface area contributed by atoms with Crippen molar-refractivity contribution in [3.05, 3.63) is 53.3 Å². The Morgan fingerprint density at radius 3 is 2.33 bits per heavy atom. The normalized spacial score (nSPS) is 15.3. The van der Waals surface area contributed by atoms with Crippen molar-refractivity contribution in [1.29, 1.82) is 0 Å². The van der Waals surface area contributed by atoms with E-state index in [2.05, 4.69) is 26.9 Å². The Kier molecular flexibility index (Phi) is 4.27. The molecule has 110 valence electrons. The smallest absolute Gasteiger partial charge is 0.0599 e. The van der Waals surface area contributed by atoms with E-state index < -0.39 is 0 Å². The lowest BCUT2D eigenvalue weighted by atomic mass is 10.1. The van der Waals surface area contributed by atoms with Crippen molar-refractivity contribution < 1.29 is 0 Å². The van der Waals surface area contributed by atoms with Gasteiger partial charge in [0.05, 0.1) is 11.9 Å². The zero-order valence-corrected chi connectivity index (χ0v) is 12.6. The van der Waals surface area contributed by atoms with Gasteiger partial charge in [0, 0.05) is 49.6 Å². The number of aromatic nitrogens is 1. The molecule has 0 amide bonds. The number of nitrogens with two attached hydrogens (primary N) is 1. The van der Waals surface area contributed by atoms with Gasteiger partial charge in [-0.05, 0) is 35.9 Å². The van der Waals surface area contributed by atoms with Crippen molar-refractivity contribution in [3.8, 4) is 0 Å². The van der Waals surface area contributed by atoms with Crippen LogP contribution in [-0.2, 0) is 6.54 Å². The van der Waals surface area contributed by atoms with E-state index in [1.807, 2.05) is 24.4 Å². The summed E-state index contributed by atoms with van der Waals surface area (Å²) >= 11 is 5.94. The minimum Gasteiger partial charge on any atom is -0.368 e. The Balaban J connectivity index is 1.69. The second kappa shape index (κ2) is 6.33. The highest BCUT2D eigenvalue weighted by molar-refractivity contribution is 6.30. The first-order chi connectivity index (χ1) is 10.3. The van der Waals surface area contributed by atoms with Crippen LogP contribution in [0.1, 0.15) is 5.56 Å². The summed E-state index contributed by atoms with van der Waals surface area (Å²) in [4.78, 5) is 8.97. The van der Waals surface area contributed by atoms with Crippen molar-refractivity contribution in [1.82, 2.24) is 4.98 Å². The Morgan fingerprint density at radius 2 is 1.67 bits per heavy atom. The number of anilines is 2. The largest absolute Gasteiger partial charge is 0.368 e. The maximum Gasteiger partial charge on any atom is 0.0599 e. The van der Waals surface area contributed by atoms with Crippen LogP contribution in [0.25, 0.3) is 0 Å². The van der Waals surface area contributed by atoms with Gasteiger partial charge in [0.2, 0.25) is 0 Å². The van der Waals surface area contributed by atoms with Gasteiger partial charge in [-0.25, -0.2) is 0 Å². The topological polar surface area (TPSA) is 45.4 Å². The summed E-state index contributed by atoms with van der Waals surface area (Å²) in [6.45, 7) is 4.47. The van der Waals surface area contributed by atoms with Gasteiger partial charge in [0.15, 0.2) is 0 Å². The Bertz CT molecular complexity index is 591. The van der Waals surface area contributed by atoms with Gasteiger partial charge >= 0.3 is 0 Å². The second-order valence-electron chi connectivity index (χ2n) is 5.16. The van der Waals surface area contributed by atoms with Gasteiger partial charge in [0.25, 0.3) is 0 Å². The molecule has 0 atom stereocenters. The van der Waals surface area contributed by atoms with Gasteiger partial charge < -0.3 is 15.5 Å². The molecule has 0 aliphatic carbocycles. The van der Waals surface area contributed by atoms with Crippen molar-refractivity contribution in [2.75, 3.05) is 36.0 Å². The van der Waals surface area contributed by atoms with Crippen molar-refractivity contribution in [2.24, 2.45) is 5.73 Å². The van der Waals surface area contributed by atoms with E-state index in [9.17, 15) is 0 Å². The van der Waals surface area contributed by atoms with Crippen LogP contribution in [0, 0.1) is 0 Å². The van der Waals surface area contributed by atoms with Crippen molar-refractivity contribution in [2.45, 2.75) is 6.54 Å². The molecule has 2 N–H and O–H groups in total. The molecule has 2 aromatic rings. The van der Waals surface area contributed by atoms with Crippen LogP contribution in [0.2, 0.25) is 5.02 Å². The number of benzene rings is 1. The predicted molar refractivity (Wildman–Crippen MR) is 88.0 cm³/mol. The number of piperazine rings is 1. The first-order valence-electron chi connectivity index (χ1n) is 7.16. The summed E-state index contributed by atoms with van der Waals surface area (Å²) in [5, 5.41) is 0.778. The molecule has 0 spiro atoms. The van der Waals surface area contributed by atoms with E-state index in [0.717, 1.165) is 42.5 Å². The van der Waals surface area contributed by atoms with E-state index in [-0.39, 0.29) is 0 Å². The molecule has 1 fully saturated rings. The number of nitrogens with zero attached hydrogens (tertiary/aromatic N) is 3. The number of rotatable bonds is 3. The van der Waals surface area contributed by atoms with Gasteiger partial charge in [-0.15, -0.1) is 0 Å². The summed E-state index contributed by atoms with van der Waals surface area (Å²) in [5.74, 6) is 0. The first-order valence-corrected chi connectivity index (χ1v) is 7.54. The number of hydrogen-bond donors (Lipinski definition) is 1. The molecule has 4 nitrogen and oxygen atoms in total. The molecule has 0 saturated carbocycles. The monoisotopic (exact) mass is 302 g/mol. The van der Waals surface area contributed by atoms with Crippen LogP contribution >= 0.6 is 11.6 Å². The lowest BCUT2D eigenvalue weighted by Crippen LogP contribution is -2.46. The van der Waals surface area contributed by atoms with Crippen LogP contribution in [0.5, 0.6) is 0 Å². The van der Waals surface area contributed by atoms with E-state index in [4.69, 9.17) is 17.3 Å².